The van der Waals surface area contributed by atoms with Crippen molar-refractivity contribution in [3.8, 4) is 0 Å². The van der Waals surface area contributed by atoms with E-state index in [1.165, 1.54) is 29.2 Å². The number of nitrogens with zero attached hydrogens (tertiary/aromatic N) is 3. The first-order chi connectivity index (χ1) is 17.1. The molecule has 0 aliphatic carbocycles. The fourth-order valence-electron chi connectivity index (χ4n) is 3.67. The lowest BCUT2D eigenvalue weighted by Crippen LogP contribution is -2.29. The first-order valence-corrected chi connectivity index (χ1v) is 15.1. The minimum absolute atomic E-state index is 0.0420. The molecule has 0 bridgehead atoms. The van der Waals surface area contributed by atoms with Crippen LogP contribution in [0.2, 0.25) is 5.02 Å². The van der Waals surface area contributed by atoms with Crippen LogP contribution in [0.4, 0.5) is 11.4 Å². The lowest BCUT2D eigenvalue weighted by molar-refractivity contribution is -0.385. The summed E-state index contributed by atoms with van der Waals surface area (Å²) in [6.07, 6.45) is 0. The van der Waals surface area contributed by atoms with Gasteiger partial charge in [-0.3, -0.25) is 19.7 Å². The molecule has 0 radical (unpaired) electrons. The zero-order valence-corrected chi connectivity index (χ0v) is 26.1. The highest BCUT2D eigenvalue weighted by atomic mass is 79.9. The number of carbonyl (C=O) groups is 2. The first-order valence-electron chi connectivity index (χ1n) is 9.80. The van der Waals surface area contributed by atoms with Crippen molar-refractivity contribution in [1.82, 2.24) is 4.98 Å². The largest absolute Gasteiger partial charge is 0.274 e. The third-order valence-electron chi connectivity index (χ3n) is 5.34. The quantitative estimate of drug-likeness (QED) is 0.0500. The third kappa shape index (κ3) is 4.36. The van der Waals surface area contributed by atoms with Crippen LogP contribution in [0.5, 0.6) is 0 Å². The van der Waals surface area contributed by atoms with E-state index in [-0.39, 0.29) is 22.6 Å². The molecule has 36 heavy (non-hydrogen) atoms. The number of carbonyl (C=O) groups excluding carboxylic acids is 2. The summed E-state index contributed by atoms with van der Waals surface area (Å²) in [5.41, 5.74) is 2.02. The Balaban J connectivity index is 1.46. The number of benzene rings is 3. The van der Waals surface area contributed by atoms with Crippen LogP contribution in [0.15, 0.2) is 58.6 Å². The maximum absolute atomic E-state index is 13.3. The molecule has 0 fully saturated rings. The van der Waals surface area contributed by atoms with E-state index < -0.39 is 16.7 Å². The number of hydrogen-bond acceptors (Lipinski definition) is 7. The van der Waals surface area contributed by atoms with Crippen molar-refractivity contribution in [2.24, 2.45) is 0 Å². The van der Waals surface area contributed by atoms with E-state index in [0.717, 1.165) is 9.60 Å². The predicted octanol–water partition coefficient (Wildman–Crippen LogP) is 9.00. The zero-order chi connectivity index (χ0) is 25.9. The lowest BCUT2D eigenvalue weighted by atomic mass is 10.1. The highest BCUT2D eigenvalue weighted by Crippen LogP contribution is 2.46. The smallest absolute Gasteiger partial charge is 0.268 e. The number of rotatable bonds is 5. The van der Waals surface area contributed by atoms with Gasteiger partial charge in [0.2, 0.25) is 0 Å². The number of imide groups is 1. The van der Waals surface area contributed by atoms with Gasteiger partial charge in [0.1, 0.15) is 0 Å². The molecular formula is C22H8Br4ClN3O4S2. The SMILES string of the molecule is O=C1c2c(Br)c(Br)c(Br)c(Br)c2C(=O)N1c1ccc2nc(SCc3c(Cl)cccc3[N+](=O)[O-])sc2c1. The van der Waals surface area contributed by atoms with Gasteiger partial charge in [0, 0.05) is 29.7 Å². The van der Waals surface area contributed by atoms with Crippen LogP contribution >= 0.6 is 98.4 Å². The van der Waals surface area contributed by atoms with Gasteiger partial charge in [0.05, 0.1) is 42.5 Å². The number of nitro groups is 1. The number of anilines is 1. The molecule has 14 heteroatoms. The van der Waals surface area contributed by atoms with Crippen molar-refractivity contribution in [2.75, 3.05) is 4.90 Å². The van der Waals surface area contributed by atoms with Crippen LogP contribution in [-0.4, -0.2) is 21.7 Å². The molecule has 1 aliphatic heterocycles. The van der Waals surface area contributed by atoms with E-state index in [0.29, 0.717) is 44.0 Å². The van der Waals surface area contributed by atoms with E-state index in [1.54, 1.807) is 30.3 Å². The highest BCUT2D eigenvalue weighted by molar-refractivity contribution is 9.15. The van der Waals surface area contributed by atoms with Crippen molar-refractivity contribution < 1.29 is 14.5 Å². The van der Waals surface area contributed by atoms with Crippen molar-refractivity contribution in [3.05, 3.63) is 86.1 Å². The second-order valence-corrected chi connectivity index (χ2v) is 13.2. The van der Waals surface area contributed by atoms with Gasteiger partial charge in [-0.05, 0) is 88.0 Å². The number of aromatic nitrogens is 1. The summed E-state index contributed by atoms with van der Waals surface area (Å²) in [7, 11) is 0. The summed E-state index contributed by atoms with van der Waals surface area (Å²) >= 11 is 22.6. The molecule has 0 spiro atoms. The number of thiazole rings is 1. The van der Waals surface area contributed by atoms with E-state index >= 15 is 0 Å². The minimum atomic E-state index is -0.456. The van der Waals surface area contributed by atoms with Crippen molar-refractivity contribution in [3.63, 3.8) is 0 Å². The maximum Gasteiger partial charge on any atom is 0.274 e. The van der Waals surface area contributed by atoms with Crippen LogP contribution in [-0.2, 0) is 5.75 Å². The predicted molar refractivity (Wildman–Crippen MR) is 156 cm³/mol. The lowest BCUT2D eigenvalue weighted by Gasteiger charge is -2.13. The Morgan fingerprint density at radius 3 is 2.25 bits per heavy atom. The van der Waals surface area contributed by atoms with Crippen LogP contribution < -0.4 is 4.90 Å². The van der Waals surface area contributed by atoms with Gasteiger partial charge < -0.3 is 0 Å². The van der Waals surface area contributed by atoms with E-state index in [2.05, 4.69) is 68.7 Å². The molecule has 4 aromatic rings. The summed E-state index contributed by atoms with van der Waals surface area (Å²) in [6.45, 7) is 0. The average Bonchev–Trinajstić information content (AvgIpc) is 3.37. The fourth-order valence-corrected chi connectivity index (χ4v) is 8.59. The standard InChI is InChI=1S/C22H8Br4ClN3O4S2/c23-16-14-15(17(24)19(26)18(16)25)21(32)29(20(14)31)8-4-5-11-13(6-8)36-22(28-11)35-7-9-10(27)2-1-3-12(9)30(33)34/h1-6H,7H2. The molecule has 2 amide bonds. The van der Waals surface area contributed by atoms with Gasteiger partial charge in [-0.2, -0.15) is 0 Å². The topological polar surface area (TPSA) is 93.4 Å². The van der Waals surface area contributed by atoms with Gasteiger partial charge in [0.25, 0.3) is 17.5 Å². The average molecular weight is 798 g/mol. The molecule has 0 saturated heterocycles. The van der Waals surface area contributed by atoms with Crippen molar-refractivity contribution in [1.29, 1.82) is 0 Å². The zero-order valence-electron chi connectivity index (χ0n) is 17.4. The minimum Gasteiger partial charge on any atom is -0.268 e. The normalized spacial score (nSPS) is 13.1. The van der Waals surface area contributed by atoms with Crippen LogP contribution in [0, 0.1) is 10.1 Å². The maximum atomic E-state index is 13.3. The second kappa shape index (κ2) is 10.1. The Hall–Kier alpha value is -1.35. The Morgan fingerprint density at radius 1 is 1.00 bits per heavy atom. The molecule has 7 nitrogen and oxygen atoms in total. The Kier molecular flexibility index (Phi) is 7.36. The summed E-state index contributed by atoms with van der Waals surface area (Å²) in [5, 5.41) is 11.7. The Bertz CT molecular complexity index is 1600. The molecular weight excluding hydrogens is 789 g/mol. The molecule has 0 unspecified atom stereocenters. The summed E-state index contributed by atoms with van der Waals surface area (Å²) in [4.78, 5) is 43.2. The van der Waals surface area contributed by atoms with Gasteiger partial charge >= 0.3 is 0 Å². The molecule has 1 aromatic heterocycles. The summed E-state index contributed by atoms with van der Waals surface area (Å²) < 4.78 is 3.65. The van der Waals surface area contributed by atoms with Crippen molar-refractivity contribution in [2.45, 2.75) is 10.1 Å². The molecule has 5 rings (SSSR count). The number of amides is 2. The molecule has 0 saturated carbocycles. The molecule has 0 atom stereocenters. The van der Waals surface area contributed by atoms with Crippen LogP contribution in [0.25, 0.3) is 10.2 Å². The molecule has 0 N–H and O–H groups in total. The van der Waals surface area contributed by atoms with Crippen LogP contribution in [0.3, 0.4) is 0 Å². The van der Waals surface area contributed by atoms with Crippen molar-refractivity contribution >= 4 is 132 Å². The second-order valence-electron chi connectivity index (χ2n) is 7.37. The number of thioether (sulfide) groups is 1. The van der Waals surface area contributed by atoms with Crippen LogP contribution in [0.1, 0.15) is 26.3 Å². The van der Waals surface area contributed by atoms with E-state index in [4.69, 9.17) is 11.6 Å². The Labute approximate surface area is 250 Å². The molecule has 182 valence electrons. The molecule has 3 aromatic carbocycles. The molecule has 1 aliphatic rings. The van der Waals surface area contributed by atoms with Gasteiger partial charge in [0.15, 0.2) is 4.34 Å². The summed E-state index contributed by atoms with van der Waals surface area (Å²) in [6, 6.07) is 9.73. The van der Waals surface area contributed by atoms with Gasteiger partial charge in [-0.15, -0.1) is 11.3 Å². The number of nitro benzene ring substituents is 1. The fraction of sp³-hybridized carbons (Fsp3) is 0.0455. The Morgan fingerprint density at radius 2 is 1.64 bits per heavy atom. The monoisotopic (exact) mass is 793 g/mol. The van der Waals surface area contributed by atoms with Gasteiger partial charge in [-0.1, -0.05) is 29.4 Å². The van der Waals surface area contributed by atoms with E-state index in [9.17, 15) is 19.7 Å². The number of hydrogen-bond donors (Lipinski definition) is 0. The molecule has 2 heterocycles. The first kappa shape index (κ1) is 26.3. The highest BCUT2D eigenvalue weighted by Gasteiger charge is 2.42. The third-order valence-corrected chi connectivity index (χ3v) is 12.7. The summed E-state index contributed by atoms with van der Waals surface area (Å²) in [5.74, 6) is -0.618. The number of fused-ring (bicyclic) bond motifs is 2. The van der Waals surface area contributed by atoms with E-state index in [1.807, 2.05) is 0 Å². The van der Waals surface area contributed by atoms with Gasteiger partial charge in [-0.25, -0.2) is 9.88 Å². The number of halogens is 5.